The van der Waals surface area contributed by atoms with Crippen molar-refractivity contribution in [3.05, 3.63) is 71.3 Å². The van der Waals surface area contributed by atoms with E-state index < -0.39 is 0 Å². The molecule has 1 fully saturated rings. The summed E-state index contributed by atoms with van der Waals surface area (Å²) in [5, 5.41) is 3.07. The van der Waals surface area contributed by atoms with Gasteiger partial charge in [-0.25, -0.2) is 4.79 Å². The lowest BCUT2D eigenvalue weighted by Crippen LogP contribution is -2.35. The minimum Gasteiger partial charge on any atom is -0.445 e. The van der Waals surface area contributed by atoms with Gasteiger partial charge in [-0.2, -0.15) is 0 Å². The van der Waals surface area contributed by atoms with Gasteiger partial charge in [-0.05, 0) is 34.9 Å². The fourth-order valence-corrected chi connectivity index (χ4v) is 2.85. The molecule has 0 saturated heterocycles. The van der Waals surface area contributed by atoms with Gasteiger partial charge in [-0.15, -0.1) is 0 Å². The molecule has 1 aliphatic rings. The van der Waals surface area contributed by atoms with Gasteiger partial charge in [0.2, 0.25) is 0 Å². The molecule has 0 atom stereocenters. The first kappa shape index (κ1) is 16.6. The van der Waals surface area contributed by atoms with Crippen molar-refractivity contribution in [2.45, 2.75) is 51.2 Å². The van der Waals surface area contributed by atoms with Crippen molar-refractivity contribution in [3.63, 3.8) is 0 Å². The second-order valence-corrected chi connectivity index (χ2v) is 7.60. The fraction of sp³-hybridized carbons (Fsp3) is 0.381. The normalized spacial score (nSPS) is 15.6. The molecule has 3 nitrogen and oxygen atoms in total. The summed E-state index contributed by atoms with van der Waals surface area (Å²) in [6.45, 7) is 6.90. The summed E-state index contributed by atoms with van der Waals surface area (Å²) in [4.78, 5) is 12.2. The van der Waals surface area contributed by atoms with Crippen molar-refractivity contribution >= 4 is 6.09 Å². The molecule has 1 saturated carbocycles. The van der Waals surface area contributed by atoms with Crippen LogP contribution in [0.4, 0.5) is 4.79 Å². The summed E-state index contributed by atoms with van der Waals surface area (Å²) < 4.78 is 5.37. The third-order valence-electron chi connectivity index (χ3n) is 4.59. The van der Waals surface area contributed by atoms with E-state index in [0.29, 0.717) is 6.61 Å². The summed E-state index contributed by atoms with van der Waals surface area (Å²) >= 11 is 0. The van der Waals surface area contributed by atoms with Crippen molar-refractivity contribution in [1.29, 1.82) is 0 Å². The molecule has 3 heteroatoms. The molecule has 0 aliphatic heterocycles. The summed E-state index contributed by atoms with van der Waals surface area (Å²) in [5.74, 6) is 0. The van der Waals surface area contributed by atoms with Crippen LogP contribution in [0, 0.1) is 0 Å². The fourth-order valence-electron chi connectivity index (χ4n) is 2.85. The highest BCUT2D eigenvalue weighted by Gasteiger charge is 2.46. The summed E-state index contributed by atoms with van der Waals surface area (Å²) in [6, 6.07) is 18.3. The second kappa shape index (κ2) is 6.31. The van der Waals surface area contributed by atoms with E-state index in [1.165, 1.54) is 11.1 Å². The third-order valence-corrected chi connectivity index (χ3v) is 4.59. The van der Waals surface area contributed by atoms with Gasteiger partial charge in [-0.3, -0.25) is 0 Å². The Hall–Kier alpha value is -2.29. The topological polar surface area (TPSA) is 38.3 Å². The van der Waals surface area contributed by atoms with E-state index in [4.69, 9.17) is 4.74 Å². The van der Waals surface area contributed by atoms with Gasteiger partial charge in [0.15, 0.2) is 0 Å². The lowest BCUT2D eigenvalue weighted by Gasteiger charge is -2.23. The van der Waals surface area contributed by atoms with Crippen molar-refractivity contribution in [3.8, 4) is 0 Å². The zero-order valence-corrected chi connectivity index (χ0v) is 14.6. The van der Waals surface area contributed by atoms with Crippen LogP contribution in [0.25, 0.3) is 0 Å². The molecule has 0 spiro atoms. The molecule has 0 heterocycles. The van der Waals surface area contributed by atoms with Crippen LogP contribution in [-0.2, 0) is 22.3 Å². The predicted octanol–water partition coefficient (Wildman–Crippen LogP) is 4.90. The number of carbonyl (C=O) groups is 1. The van der Waals surface area contributed by atoms with Gasteiger partial charge >= 0.3 is 6.09 Å². The molecular weight excluding hydrogens is 298 g/mol. The molecular formula is C21H25NO2. The Morgan fingerprint density at radius 2 is 1.79 bits per heavy atom. The molecule has 1 aliphatic carbocycles. The second-order valence-electron chi connectivity index (χ2n) is 7.60. The zero-order chi connectivity index (χ0) is 17.2. The number of rotatable bonds is 4. The molecule has 126 valence electrons. The molecule has 24 heavy (non-hydrogen) atoms. The lowest BCUT2D eigenvalue weighted by atomic mass is 9.85. The summed E-state index contributed by atoms with van der Waals surface area (Å²) in [7, 11) is 0. The maximum atomic E-state index is 12.2. The molecule has 0 unspecified atom stereocenters. The van der Waals surface area contributed by atoms with E-state index in [1.54, 1.807) is 0 Å². The molecule has 2 aromatic rings. The van der Waals surface area contributed by atoms with Crippen LogP contribution in [0.5, 0.6) is 0 Å². The van der Waals surface area contributed by atoms with Crippen molar-refractivity contribution in [2.24, 2.45) is 0 Å². The average Bonchev–Trinajstić information content (AvgIpc) is 3.34. The van der Waals surface area contributed by atoms with Crippen LogP contribution in [0.15, 0.2) is 54.6 Å². The highest BCUT2D eigenvalue weighted by molar-refractivity contribution is 5.69. The Morgan fingerprint density at radius 1 is 1.08 bits per heavy atom. The Bertz CT molecular complexity index is 712. The van der Waals surface area contributed by atoms with Gasteiger partial charge in [0, 0.05) is 0 Å². The standard InChI is InChI=1S/C21H25NO2/c1-20(2,3)17-10-7-11-18(14-17)21(12-13-21)22-19(23)24-15-16-8-5-4-6-9-16/h4-11,14H,12-13,15H2,1-3H3,(H,22,23). The smallest absolute Gasteiger partial charge is 0.408 e. The van der Waals surface area contributed by atoms with Gasteiger partial charge in [0.1, 0.15) is 6.61 Å². The van der Waals surface area contributed by atoms with E-state index in [9.17, 15) is 4.79 Å². The number of amides is 1. The van der Waals surface area contributed by atoms with Gasteiger partial charge in [0.25, 0.3) is 0 Å². The summed E-state index contributed by atoms with van der Waals surface area (Å²) in [6.07, 6.45) is 1.57. The Balaban J connectivity index is 1.65. The number of hydrogen-bond donors (Lipinski definition) is 1. The Labute approximate surface area is 144 Å². The monoisotopic (exact) mass is 323 g/mol. The number of carbonyl (C=O) groups excluding carboxylic acids is 1. The minimum absolute atomic E-state index is 0.0971. The first-order chi connectivity index (χ1) is 11.4. The Kier molecular flexibility index (Phi) is 4.35. The first-order valence-corrected chi connectivity index (χ1v) is 8.49. The van der Waals surface area contributed by atoms with Crippen LogP contribution in [0.1, 0.15) is 50.3 Å². The van der Waals surface area contributed by atoms with E-state index in [0.717, 1.165) is 18.4 Å². The number of benzene rings is 2. The molecule has 1 N–H and O–H groups in total. The van der Waals surface area contributed by atoms with Crippen molar-refractivity contribution in [2.75, 3.05) is 0 Å². The number of hydrogen-bond acceptors (Lipinski definition) is 2. The van der Waals surface area contributed by atoms with Gasteiger partial charge < -0.3 is 10.1 Å². The highest BCUT2D eigenvalue weighted by atomic mass is 16.5. The van der Waals surface area contributed by atoms with Crippen LogP contribution >= 0.6 is 0 Å². The number of alkyl carbamates (subject to hydrolysis) is 1. The molecule has 0 aromatic heterocycles. The van der Waals surface area contributed by atoms with Crippen LogP contribution in [0.3, 0.4) is 0 Å². The molecule has 3 rings (SSSR count). The maximum absolute atomic E-state index is 12.2. The van der Waals surface area contributed by atoms with E-state index in [2.05, 4.69) is 50.4 Å². The molecule has 1 amide bonds. The number of nitrogens with one attached hydrogen (secondary N) is 1. The van der Waals surface area contributed by atoms with Crippen LogP contribution < -0.4 is 5.32 Å². The first-order valence-electron chi connectivity index (χ1n) is 8.49. The lowest BCUT2D eigenvalue weighted by molar-refractivity contribution is 0.134. The van der Waals surface area contributed by atoms with Gasteiger partial charge in [0.05, 0.1) is 5.54 Å². The minimum atomic E-state index is -0.350. The van der Waals surface area contributed by atoms with E-state index >= 15 is 0 Å². The summed E-state index contributed by atoms with van der Waals surface area (Å²) in [5.41, 5.74) is 3.29. The largest absolute Gasteiger partial charge is 0.445 e. The average molecular weight is 323 g/mol. The van der Waals surface area contributed by atoms with E-state index in [-0.39, 0.29) is 17.0 Å². The van der Waals surface area contributed by atoms with Crippen LogP contribution in [-0.4, -0.2) is 6.09 Å². The van der Waals surface area contributed by atoms with Gasteiger partial charge in [-0.1, -0.05) is 75.4 Å². The molecule has 0 bridgehead atoms. The highest BCUT2D eigenvalue weighted by Crippen LogP contribution is 2.46. The van der Waals surface area contributed by atoms with Crippen molar-refractivity contribution in [1.82, 2.24) is 5.32 Å². The third kappa shape index (κ3) is 3.78. The molecule has 0 radical (unpaired) electrons. The zero-order valence-electron chi connectivity index (χ0n) is 14.6. The van der Waals surface area contributed by atoms with E-state index in [1.807, 2.05) is 30.3 Å². The number of ether oxygens (including phenoxy) is 1. The predicted molar refractivity (Wildman–Crippen MR) is 95.8 cm³/mol. The SMILES string of the molecule is CC(C)(C)c1cccc(C2(NC(=O)OCc3ccccc3)CC2)c1. The van der Waals surface area contributed by atoms with Crippen molar-refractivity contribution < 1.29 is 9.53 Å². The quantitative estimate of drug-likeness (QED) is 0.869. The maximum Gasteiger partial charge on any atom is 0.408 e. The Morgan fingerprint density at radius 3 is 2.42 bits per heavy atom. The van der Waals surface area contributed by atoms with Crippen LogP contribution in [0.2, 0.25) is 0 Å². The molecule has 2 aromatic carbocycles.